The van der Waals surface area contributed by atoms with Crippen molar-refractivity contribution in [2.45, 2.75) is 25.3 Å². The molecule has 0 saturated heterocycles. The molecule has 0 spiro atoms. The van der Waals surface area contributed by atoms with Crippen molar-refractivity contribution >= 4 is 0 Å². The topological polar surface area (TPSA) is 60.9 Å². The summed E-state index contributed by atoms with van der Waals surface area (Å²) in [6.07, 6.45) is 3.95. The van der Waals surface area contributed by atoms with E-state index in [1.165, 1.54) is 0 Å². The first-order chi connectivity index (χ1) is 8.21. The number of nitrogens with zero attached hydrogens (tertiary/aromatic N) is 1. The second kappa shape index (κ2) is 7.45. The molecule has 2 N–H and O–H groups in total. The molecule has 0 aliphatic heterocycles. The van der Waals surface area contributed by atoms with Gasteiger partial charge in [-0.05, 0) is 13.1 Å². The van der Waals surface area contributed by atoms with E-state index < -0.39 is 0 Å². The summed E-state index contributed by atoms with van der Waals surface area (Å²) in [7, 11) is 5.31. The predicted molar refractivity (Wildman–Crippen MR) is 65.4 cm³/mol. The number of rotatable bonds is 8. The van der Waals surface area contributed by atoms with E-state index in [9.17, 15) is 0 Å². The van der Waals surface area contributed by atoms with Crippen molar-refractivity contribution in [1.29, 1.82) is 0 Å². The molecule has 0 aromatic carbocycles. The number of nitrogens with two attached hydrogens (primary N) is 1. The third-order valence-corrected chi connectivity index (χ3v) is 2.90. The third kappa shape index (κ3) is 4.47. The molecule has 98 valence electrons. The van der Waals surface area contributed by atoms with Crippen LogP contribution in [-0.4, -0.2) is 45.0 Å². The van der Waals surface area contributed by atoms with E-state index in [1.807, 2.05) is 13.1 Å². The van der Waals surface area contributed by atoms with Gasteiger partial charge in [-0.15, -0.1) is 0 Å². The molecule has 1 rings (SSSR count). The minimum Gasteiger partial charge on any atom is -0.472 e. The first-order valence-electron chi connectivity index (χ1n) is 5.68. The molecule has 5 heteroatoms. The monoisotopic (exact) mass is 242 g/mol. The van der Waals surface area contributed by atoms with Crippen LogP contribution in [0.3, 0.4) is 0 Å². The van der Waals surface area contributed by atoms with Gasteiger partial charge in [-0.25, -0.2) is 0 Å². The standard InChI is InChI=1S/C12H22N2O3/c1-14(8-10-4-5-17-9-10)11(7-13)6-12(15-2)16-3/h4-5,9,11-12H,6-8,13H2,1-3H3. The summed E-state index contributed by atoms with van der Waals surface area (Å²) in [4.78, 5) is 2.18. The average Bonchev–Trinajstić information content (AvgIpc) is 2.83. The normalized spacial score (nSPS) is 13.5. The van der Waals surface area contributed by atoms with E-state index in [0.717, 1.165) is 18.5 Å². The summed E-state index contributed by atoms with van der Waals surface area (Å²) in [6.45, 7) is 1.37. The molecule has 0 aliphatic carbocycles. The quantitative estimate of drug-likeness (QED) is 0.690. The van der Waals surface area contributed by atoms with Gasteiger partial charge in [0, 0.05) is 45.3 Å². The van der Waals surface area contributed by atoms with Gasteiger partial charge in [-0.1, -0.05) is 0 Å². The zero-order chi connectivity index (χ0) is 12.7. The Morgan fingerprint density at radius 3 is 2.59 bits per heavy atom. The summed E-state index contributed by atoms with van der Waals surface area (Å²) in [5.41, 5.74) is 6.92. The van der Waals surface area contributed by atoms with Crippen LogP contribution >= 0.6 is 0 Å². The Morgan fingerprint density at radius 1 is 1.41 bits per heavy atom. The third-order valence-electron chi connectivity index (χ3n) is 2.90. The summed E-state index contributed by atoms with van der Waals surface area (Å²) in [6, 6.07) is 2.17. The molecule has 1 atom stereocenters. The smallest absolute Gasteiger partial charge is 0.158 e. The highest BCUT2D eigenvalue weighted by molar-refractivity contribution is 5.05. The molecular formula is C12H22N2O3. The van der Waals surface area contributed by atoms with E-state index in [4.69, 9.17) is 19.6 Å². The van der Waals surface area contributed by atoms with Crippen LogP contribution in [0.5, 0.6) is 0 Å². The maximum Gasteiger partial charge on any atom is 0.158 e. The second-order valence-corrected chi connectivity index (χ2v) is 4.07. The number of hydrogen-bond acceptors (Lipinski definition) is 5. The maximum absolute atomic E-state index is 5.78. The highest BCUT2D eigenvalue weighted by atomic mass is 16.7. The summed E-state index contributed by atoms with van der Waals surface area (Å²) < 4.78 is 15.4. The van der Waals surface area contributed by atoms with Gasteiger partial charge in [0.25, 0.3) is 0 Å². The molecule has 0 bridgehead atoms. The van der Waals surface area contributed by atoms with Crippen molar-refractivity contribution in [3.63, 3.8) is 0 Å². The van der Waals surface area contributed by atoms with Crippen molar-refractivity contribution in [2.24, 2.45) is 5.73 Å². The largest absolute Gasteiger partial charge is 0.472 e. The molecule has 1 aromatic rings. The summed E-state index contributed by atoms with van der Waals surface area (Å²) >= 11 is 0. The van der Waals surface area contributed by atoms with Crippen LogP contribution in [0, 0.1) is 0 Å². The Kier molecular flexibility index (Phi) is 6.21. The fourth-order valence-electron chi connectivity index (χ4n) is 1.77. The Balaban J connectivity index is 2.48. The first-order valence-corrected chi connectivity index (χ1v) is 5.68. The Labute approximate surface area is 102 Å². The lowest BCUT2D eigenvalue weighted by atomic mass is 10.1. The number of hydrogen-bond donors (Lipinski definition) is 1. The maximum atomic E-state index is 5.78. The lowest BCUT2D eigenvalue weighted by Crippen LogP contribution is -2.40. The molecule has 5 nitrogen and oxygen atoms in total. The van der Waals surface area contributed by atoms with E-state index in [-0.39, 0.29) is 12.3 Å². The van der Waals surface area contributed by atoms with Gasteiger partial charge in [-0.2, -0.15) is 0 Å². The molecule has 1 aromatic heterocycles. The molecule has 0 fully saturated rings. The van der Waals surface area contributed by atoms with Crippen molar-refractivity contribution < 1.29 is 13.9 Å². The van der Waals surface area contributed by atoms with E-state index in [2.05, 4.69) is 4.90 Å². The SMILES string of the molecule is COC(CC(CN)N(C)Cc1ccoc1)OC. The average molecular weight is 242 g/mol. The minimum absolute atomic E-state index is 0.213. The van der Waals surface area contributed by atoms with Gasteiger partial charge >= 0.3 is 0 Å². The van der Waals surface area contributed by atoms with Crippen LogP contribution in [-0.2, 0) is 16.0 Å². The van der Waals surface area contributed by atoms with Crippen LogP contribution < -0.4 is 5.73 Å². The van der Waals surface area contributed by atoms with Gasteiger partial charge in [0.15, 0.2) is 6.29 Å². The van der Waals surface area contributed by atoms with Crippen molar-refractivity contribution in [2.75, 3.05) is 27.8 Å². The Morgan fingerprint density at radius 2 is 2.12 bits per heavy atom. The Hall–Kier alpha value is -0.880. The van der Waals surface area contributed by atoms with Crippen LogP contribution in [0.2, 0.25) is 0 Å². The lowest BCUT2D eigenvalue weighted by molar-refractivity contribution is -0.116. The number of methoxy groups -OCH3 is 2. The first kappa shape index (κ1) is 14.2. The van der Waals surface area contributed by atoms with E-state index >= 15 is 0 Å². The fraction of sp³-hybridized carbons (Fsp3) is 0.667. The predicted octanol–water partition coefficient (Wildman–Crippen LogP) is 1.05. The van der Waals surface area contributed by atoms with Gasteiger partial charge in [0.05, 0.1) is 12.5 Å². The summed E-state index contributed by atoms with van der Waals surface area (Å²) in [5, 5.41) is 0. The lowest BCUT2D eigenvalue weighted by Gasteiger charge is -2.28. The molecular weight excluding hydrogens is 220 g/mol. The van der Waals surface area contributed by atoms with Crippen LogP contribution in [0.1, 0.15) is 12.0 Å². The zero-order valence-electron chi connectivity index (χ0n) is 10.8. The highest BCUT2D eigenvalue weighted by Gasteiger charge is 2.19. The van der Waals surface area contributed by atoms with Crippen molar-refractivity contribution in [3.8, 4) is 0 Å². The minimum atomic E-state index is -0.213. The van der Waals surface area contributed by atoms with Crippen LogP contribution in [0.4, 0.5) is 0 Å². The van der Waals surface area contributed by atoms with E-state index in [1.54, 1.807) is 26.7 Å². The molecule has 1 unspecified atom stereocenters. The number of ether oxygens (including phenoxy) is 2. The molecule has 0 radical (unpaired) electrons. The van der Waals surface area contributed by atoms with E-state index in [0.29, 0.717) is 6.54 Å². The van der Waals surface area contributed by atoms with Gasteiger partial charge in [-0.3, -0.25) is 4.90 Å². The van der Waals surface area contributed by atoms with Gasteiger partial charge in [0.2, 0.25) is 0 Å². The van der Waals surface area contributed by atoms with Crippen LogP contribution in [0.15, 0.2) is 23.0 Å². The Bertz CT molecular complexity index is 286. The summed E-state index contributed by atoms with van der Waals surface area (Å²) in [5.74, 6) is 0. The molecule has 0 saturated carbocycles. The highest BCUT2D eigenvalue weighted by Crippen LogP contribution is 2.12. The molecule has 0 amide bonds. The fourth-order valence-corrected chi connectivity index (χ4v) is 1.77. The molecule has 17 heavy (non-hydrogen) atoms. The molecule has 0 aliphatic rings. The number of furan rings is 1. The van der Waals surface area contributed by atoms with Gasteiger partial charge in [0.1, 0.15) is 0 Å². The second-order valence-electron chi connectivity index (χ2n) is 4.07. The number of likely N-dealkylation sites (N-methyl/N-ethyl adjacent to an activating group) is 1. The van der Waals surface area contributed by atoms with Crippen molar-refractivity contribution in [3.05, 3.63) is 24.2 Å². The van der Waals surface area contributed by atoms with Crippen molar-refractivity contribution in [1.82, 2.24) is 4.90 Å². The van der Waals surface area contributed by atoms with Crippen LogP contribution in [0.25, 0.3) is 0 Å². The molecule has 1 heterocycles. The van der Waals surface area contributed by atoms with Gasteiger partial charge < -0.3 is 19.6 Å². The zero-order valence-corrected chi connectivity index (χ0v) is 10.8.